The molecule has 7 aromatic rings. The van der Waals surface area contributed by atoms with E-state index in [1.807, 2.05) is 69.3 Å². The van der Waals surface area contributed by atoms with Gasteiger partial charge in [-0.25, -0.2) is 4.79 Å². The van der Waals surface area contributed by atoms with E-state index in [9.17, 15) is 20.1 Å². The molecule has 0 unspecified atom stereocenters. The molecular formula is C57H68N12O5. The smallest absolute Gasteiger partial charge is 0.410 e. The number of phenolic OH excluding ortho intramolecular Hbond substituents is 3. The van der Waals surface area contributed by atoms with E-state index >= 15 is 0 Å². The van der Waals surface area contributed by atoms with Crippen molar-refractivity contribution in [2.45, 2.75) is 89.2 Å². The van der Waals surface area contributed by atoms with Crippen LogP contribution in [0.1, 0.15) is 99.3 Å². The van der Waals surface area contributed by atoms with Gasteiger partial charge in [-0.2, -0.15) is 0 Å². The number of rotatable bonds is 8. The highest BCUT2D eigenvalue weighted by molar-refractivity contribution is 5.71. The van der Waals surface area contributed by atoms with Crippen molar-refractivity contribution >= 4 is 23.5 Å². The molecule has 0 spiro atoms. The highest BCUT2D eigenvalue weighted by Gasteiger charge is 2.30. The highest BCUT2D eigenvalue weighted by Crippen LogP contribution is 2.38. The number of hydrogen-bond acceptors (Lipinski definition) is 16. The number of hydrogen-bond donors (Lipinski definition) is 7. The fourth-order valence-electron chi connectivity index (χ4n) is 9.77. The van der Waals surface area contributed by atoms with E-state index < -0.39 is 5.60 Å². The van der Waals surface area contributed by atoms with Crippen molar-refractivity contribution in [1.82, 2.24) is 45.7 Å². The van der Waals surface area contributed by atoms with Crippen molar-refractivity contribution in [3.05, 3.63) is 144 Å². The summed E-state index contributed by atoms with van der Waals surface area (Å²) >= 11 is 0. The van der Waals surface area contributed by atoms with Crippen LogP contribution >= 0.6 is 0 Å². The average molecular weight is 1000 g/mol. The molecule has 0 atom stereocenters. The van der Waals surface area contributed by atoms with Crippen LogP contribution in [0.5, 0.6) is 17.2 Å². The third-order valence-corrected chi connectivity index (χ3v) is 13.7. The Bertz CT molecular complexity index is 2970. The number of aromatic hydroxyl groups is 3. The summed E-state index contributed by atoms with van der Waals surface area (Å²) in [6.07, 6.45) is 5.46. The largest absolute Gasteiger partial charge is 0.507 e. The molecular weight excluding hydrogens is 933 g/mol. The molecule has 0 aliphatic carbocycles. The first-order valence-corrected chi connectivity index (χ1v) is 25.4. The summed E-state index contributed by atoms with van der Waals surface area (Å²) in [5.74, 6) is 2.93. The summed E-state index contributed by atoms with van der Waals surface area (Å²) in [7, 11) is 0. The highest BCUT2D eigenvalue weighted by atomic mass is 16.6. The van der Waals surface area contributed by atoms with Crippen molar-refractivity contribution in [3.63, 3.8) is 0 Å². The molecule has 3 fully saturated rings. The van der Waals surface area contributed by atoms with Gasteiger partial charge in [-0.3, -0.25) is 4.90 Å². The van der Waals surface area contributed by atoms with Crippen LogP contribution in [0, 0.1) is 0 Å². The molecule has 3 aliphatic heterocycles. The van der Waals surface area contributed by atoms with E-state index in [1.165, 1.54) is 5.56 Å². The monoisotopic (exact) mass is 1000 g/mol. The Hall–Kier alpha value is -7.89. The summed E-state index contributed by atoms with van der Waals surface area (Å²) in [6.45, 7) is 11.9. The van der Waals surface area contributed by atoms with Crippen LogP contribution in [0.15, 0.2) is 121 Å². The van der Waals surface area contributed by atoms with E-state index in [0.717, 1.165) is 87.9 Å². The minimum absolute atomic E-state index is 0.155. The number of benzene rings is 4. The molecule has 3 saturated heterocycles. The van der Waals surface area contributed by atoms with Gasteiger partial charge in [0.2, 0.25) is 0 Å². The molecule has 4 aromatic carbocycles. The summed E-state index contributed by atoms with van der Waals surface area (Å²) in [5, 5.41) is 58.2. The molecule has 6 heterocycles. The Morgan fingerprint density at radius 2 is 0.905 bits per heavy atom. The first-order valence-electron chi connectivity index (χ1n) is 25.4. The third-order valence-electron chi connectivity index (χ3n) is 13.7. The van der Waals surface area contributed by atoms with Gasteiger partial charge in [-0.1, -0.05) is 66.7 Å². The molecule has 10 rings (SSSR count). The topological polar surface area (TPSA) is 261 Å². The van der Waals surface area contributed by atoms with Gasteiger partial charge in [-0.15, -0.1) is 30.6 Å². The zero-order chi connectivity index (χ0) is 52.2. The van der Waals surface area contributed by atoms with Crippen LogP contribution in [0.4, 0.5) is 22.2 Å². The van der Waals surface area contributed by atoms with Crippen molar-refractivity contribution < 1.29 is 24.9 Å². The molecule has 17 nitrogen and oxygen atoms in total. The molecule has 0 radical (unpaired) electrons. The molecule has 1 amide bonds. The zero-order valence-electron chi connectivity index (χ0n) is 42.4. The lowest BCUT2D eigenvalue weighted by molar-refractivity contribution is 0.0205. The Morgan fingerprint density at radius 3 is 1.30 bits per heavy atom. The second-order valence-electron chi connectivity index (χ2n) is 20.1. The van der Waals surface area contributed by atoms with Crippen LogP contribution in [0.2, 0.25) is 0 Å². The van der Waals surface area contributed by atoms with Crippen molar-refractivity contribution in [1.29, 1.82) is 0 Å². The molecule has 0 bridgehead atoms. The van der Waals surface area contributed by atoms with Gasteiger partial charge >= 0.3 is 6.09 Å². The summed E-state index contributed by atoms with van der Waals surface area (Å²) in [6, 6.07) is 37.8. The fourth-order valence-corrected chi connectivity index (χ4v) is 9.77. The molecule has 17 heteroatoms. The number of nitrogens with two attached hydrogens (primary N) is 3. The van der Waals surface area contributed by atoms with Crippen LogP contribution in [0.25, 0.3) is 33.8 Å². The van der Waals surface area contributed by atoms with E-state index in [2.05, 4.69) is 71.1 Å². The number of nitrogens with one attached hydrogen (secondary N) is 1. The predicted octanol–water partition coefficient (Wildman–Crippen LogP) is 9.26. The molecule has 10 N–H and O–H groups in total. The lowest BCUT2D eigenvalue weighted by atomic mass is 9.89. The average Bonchev–Trinajstić information content (AvgIpc) is 3.41. The van der Waals surface area contributed by atoms with Crippen molar-refractivity contribution in [2.75, 3.05) is 56.5 Å². The number of nitrogens with zero attached hydrogens (tertiary/aromatic N) is 8. The Morgan fingerprint density at radius 1 is 0.541 bits per heavy atom. The zero-order valence-corrected chi connectivity index (χ0v) is 42.4. The number of carbonyl (C=O) groups excluding carboxylic acids is 1. The second-order valence-corrected chi connectivity index (χ2v) is 20.1. The number of para-hydroxylation sites is 3. The molecule has 74 heavy (non-hydrogen) atoms. The predicted molar refractivity (Wildman–Crippen MR) is 289 cm³/mol. The van der Waals surface area contributed by atoms with Crippen LogP contribution in [-0.4, -0.2) is 107 Å². The van der Waals surface area contributed by atoms with E-state index in [-0.39, 0.29) is 29.3 Å². The number of ether oxygens (including phenoxy) is 1. The lowest BCUT2D eigenvalue weighted by Crippen LogP contribution is -2.41. The summed E-state index contributed by atoms with van der Waals surface area (Å²) < 4.78 is 5.44. The fraction of sp³-hybridized carbons (Fsp3) is 0.351. The Balaban J connectivity index is 0.000000150. The number of likely N-dealkylation sites (tertiary alicyclic amines) is 2. The minimum Gasteiger partial charge on any atom is -0.507 e. The Labute approximate surface area is 432 Å². The van der Waals surface area contributed by atoms with E-state index in [1.54, 1.807) is 47.4 Å². The first-order chi connectivity index (χ1) is 35.7. The number of aromatic nitrogens is 6. The van der Waals surface area contributed by atoms with Crippen molar-refractivity contribution in [3.8, 4) is 51.0 Å². The number of carbonyl (C=O) groups is 1. The van der Waals surface area contributed by atoms with Gasteiger partial charge in [-0.05, 0) is 163 Å². The maximum absolute atomic E-state index is 12.2. The number of anilines is 3. The van der Waals surface area contributed by atoms with E-state index in [4.69, 9.17) is 21.9 Å². The van der Waals surface area contributed by atoms with Crippen molar-refractivity contribution in [2.24, 2.45) is 0 Å². The summed E-state index contributed by atoms with van der Waals surface area (Å²) in [4.78, 5) is 16.4. The number of amides is 1. The SMILES string of the molecule is CC(C)(C)OC(=O)N1CCC(c2cc(-c3ccccc3O)nnc2N)CC1.Nc1nnc(-c2ccccc2O)cc1C1CCN(Cc2ccccc2)CC1.Nc1nnc(-c2ccccc2O)cc1C1CCNCC1. The maximum atomic E-state index is 12.2. The normalized spacial score (nSPS) is 15.8. The van der Waals surface area contributed by atoms with Gasteiger partial charge in [0.15, 0.2) is 0 Å². The van der Waals surface area contributed by atoms with Gasteiger partial charge in [0.1, 0.15) is 40.3 Å². The third kappa shape index (κ3) is 13.6. The number of piperidine rings is 3. The first kappa shape index (κ1) is 52.4. The lowest BCUT2D eigenvalue weighted by Gasteiger charge is -2.33. The molecule has 3 aromatic heterocycles. The molecule has 3 aliphatic rings. The minimum atomic E-state index is -0.500. The molecule has 0 saturated carbocycles. The van der Waals surface area contributed by atoms with Gasteiger partial charge in [0.25, 0.3) is 0 Å². The van der Waals surface area contributed by atoms with Gasteiger partial charge in [0.05, 0.1) is 17.1 Å². The quantitative estimate of drug-likeness (QED) is 0.0748. The molecule has 386 valence electrons. The second kappa shape index (κ2) is 24.2. The van der Waals surface area contributed by atoms with Crippen LogP contribution in [-0.2, 0) is 11.3 Å². The number of nitrogen functional groups attached to an aromatic ring is 3. The maximum Gasteiger partial charge on any atom is 0.410 e. The van der Waals surface area contributed by atoms with Crippen LogP contribution in [0.3, 0.4) is 0 Å². The van der Waals surface area contributed by atoms with E-state index in [0.29, 0.717) is 76.2 Å². The number of phenols is 3. The van der Waals surface area contributed by atoms with Gasteiger partial charge < -0.3 is 47.5 Å². The summed E-state index contributed by atoms with van der Waals surface area (Å²) in [5.41, 5.74) is 26.0. The van der Waals surface area contributed by atoms with Crippen LogP contribution < -0.4 is 22.5 Å². The van der Waals surface area contributed by atoms with Gasteiger partial charge in [0, 0.05) is 53.0 Å². The Kier molecular flexibility index (Phi) is 17.2. The standard InChI is InChI=1S/C22H24N4O.C20H26N4O3.C15H18N4O/c23-22-19(14-20(24-25-22)18-8-4-5-9-21(18)27)17-10-12-26(13-11-17)15-16-6-2-1-3-7-16;1-20(2,3)27-19(26)24-10-8-13(9-11-24)15-12-16(22-23-18(15)21)14-6-4-5-7-17(14)25;16-15-12(10-5-7-17-8-6-10)9-13(18-19-15)11-3-1-2-4-14(11)20/h1-9,14,17,27H,10-13,15H2,(H2,23,25);4-7,12-13,25H,8-11H2,1-3H3,(H2,21,23);1-4,9-10,17,20H,5-8H2,(H2,16,19).